The highest BCUT2D eigenvalue weighted by atomic mass is 19.3. The zero-order chi connectivity index (χ0) is 23.4. The molecule has 4 rings (SSSR count). The molecule has 0 bridgehead atoms. The van der Waals surface area contributed by atoms with E-state index in [1.807, 2.05) is 0 Å². The van der Waals surface area contributed by atoms with Gasteiger partial charge in [0.15, 0.2) is 5.75 Å². The second-order valence-corrected chi connectivity index (χ2v) is 9.09. The van der Waals surface area contributed by atoms with Crippen LogP contribution in [0.5, 0.6) is 5.75 Å². The van der Waals surface area contributed by atoms with Crippen molar-refractivity contribution in [1.82, 2.24) is 4.90 Å². The van der Waals surface area contributed by atoms with E-state index in [0.717, 1.165) is 38.8 Å². The number of nitrogens with zero attached hydrogens (tertiary/aromatic N) is 2. The quantitative estimate of drug-likeness (QED) is 0.520. The smallest absolute Gasteiger partial charge is 0.387 e. The largest absolute Gasteiger partial charge is 0.433 e. The molecule has 3 fully saturated rings. The summed E-state index contributed by atoms with van der Waals surface area (Å²) in [6.45, 7) is -0.701. The first-order chi connectivity index (χ1) is 15.9. The van der Waals surface area contributed by atoms with Crippen LogP contribution in [0.15, 0.2) is 18.2 Å². The summed E-state index contributed by atoms with van der Waals surface area (Å²) < 4.78 is 36.0. The number of hydrogen-bond donors (Lipinski definition) is 2. The van der Waals surface area contributed by atoms with Gasteiger partial charge in [-0.15, -0.1) is 0 Å². The number of rotatable bonds is 11. The van der Waals surface area contributed by atoms with Crippen LogP contribution in [0.4, 0.5) is 20.2 Å². The number of nitrogens with two attached hydrogens (primary N) is 1. The molecule has 0 radical (unpaired) electrons. The number of halogens is 2. The van der Waals surface area contributed by atoms with Crippen LogP contribution in [0.2, 0.25) is 0 Å². The van der Waals surface area contributed by atoms with Crippen LogP contribution in [0.1, 0.15) is 32.1 Å². The van der Waals surface area contributed by atoms with Gasteiger partial charge in [-0.3, -0.25) is 14.5 Å². The Labute approximate surface area is 192 Å². The van der Waals surface area contributed by atoms with E-state index in [4.69, 9.17) is 15.2 Å². The lowest BCUT2D eigenvalue weighted by molar-refractivity contribution is -0.125. The molecule has 10 heteroatoms. The summed E-state index contributed by atoms with van der Waals surface area (Å²) in [5.74, 6) is 0.366. The van der Waals surface area contributed by atoms with E-state index in [0.29, 0.717) is 30.7 Å². The van der Waals surface area contributed by atoms with Gasteiger partial charge in [-0.25, -0.2) is 0 Å². The molecule has 2 amide bonds. The minimum Gasteiger partial charge on any atom is -0.433 e. The van der Waals surface area contributed by atoms with E-state index < -0.39 is 12.7 Å². The van der Waals surface area contributed by atoms with E-state index >= 15 is 0 Å². The molecule has 2 saturated carbocycles. The van der Waals surface area contributed by atoms with Crippen molar-refractivity contribution in [3.63, 3.8) is 0 Å². The SMILES string of the molecule is NC[C@H](C(=O)Nc1ccc(N2CCOCC2=O)cc1OC(F)F)N(CC1CCC1)CC1CC1. The number of morpholine rings is 1. The number of amides is 2. The summed E-state index contributed by atoms with van der Waals surface area (Å²) in [6.07, 6.45) is 5.86. The van der Waals surface area contributed by atoms with Gasteiger partial charge in [0.05, 0.1) is 12.3 Å². The first kappa shape index (κ1) is 23.8. The van der Waals surface area contributed by atoms with Crippen LogP contribution in [0.3, 0.4) is 0 Å². The van der Waals surface area contributed by atoms with Crippen molar-refractivity contribution in [2.24, 2.45) is 17.6 Å². The lowest BCUT2D eigenvalue weighted by Gasteiger charge is -2.36. The third-order valence-corrected chi connectivity index (χ3v) is 6.61. The second kappa shape index (κ2) is 10.8. The molecule has 8 nitrogen and oxygen atoms in total. The number of carbonyl (C=O) groups excluding carboxylic acids is 2. The minimum atomic E-state index is -3.08. The number of anilines is 2. The molecule has 1 aromatic carbocycles. The maximum absolute atomic E-state index is 13.2. The molecule has 182 valence electrons. The molecule has 1 heterocycles. The lowest BCUT2D eigenvalue weighted by Crippen LogP contribution is -2.51. The van der Waals surface area contributed by atoms with Crippen LogP contribution in [0, 0.1) is 11.8 Å². The van der Waals surface area contributed by atoms with Gasteiger partial charge >= 0.3 is 6.61 Å². The second-order valence-electron chi connectivity index (χ2n) is 9.09. The van der Waals surface area contributed by atoms with E-state index in [1.165, 1.54) is 23.5 Å². The van der Waals surface area contributed by atoms with Gasteiger partial charge in [0.2, 0.25) is 5.91 Å². The van der Waals surface area contributed by atoms with Gasteiger partial charge in [0, 0.05) is 37.9 Å². The third-order valence-electron chi connectivity index (χ3n) is 6.61. The molecule has 1 atom stereocenters. The maximum Gasteiger partial charge on any atom is 0.387 e. The highest BCUT2D eigenvalue weighted by molar-refractivity contribution is 5.98. The molecular formula is C23H32F2N4O4. The maximum atomic E-state index is 13.2. The number of hydrogen-bond acceptors (Lipinski definition) is 6. The molecule has 0 spiro atoms. The van der Waals surface area contributed by atoms with Crippen molar-refractivity contribution in [3.8, 4) is 5.75 Å². The van der Waals surface area contributed by atoms with E-state index in [9.17, 15) is 18.4 Å². The number of benzene rings is 1. The number of alkyl halides is 2. The number of nitrogens with one attached hydrogen (secondary N) is 1. The average molecular weight is 467 g/mol. The van der Waals surface area contributed by atoms with E-state index in [-0.39, 0.29) is 36.4 Å². The Kier molecular flexibility index (Phi) is 7.77. The fraction of sp³-hybridized carbons (Fsp3) is 0.652. The molecule has 0 unspecified atom stereocenters. The van der Waals surface area contributed by atoms with Gasteiger partial charge in [0.1, 0.15) is 12.6 Å². The molecule has 0 aromatic heterocycles. The zero-order valence-electron chi connectivity index (χ0n) is 18.7. The van der Waals surface area contributed by atoms with Gasteiger partial charge in [-0.05, 0) is 49.7 Å². The van der Waals surface area contributed by atoms with Gasteiger partial charge in [0.25, 0.3) is 5.91 Å². The summed E-state index contributed by atoms with van der Waals surface area (Å²) in [5, 5.41) is 2.74. The van der Waals surface area contributed by atoms with Crippen molar-refractivity contribution in [1.29, 1.82) is 0 Å². The van der Waals surface area contributed by atoms with Crippen LogP contribution < -0.4 is 20.7 Å². The molecule has 1 aromatic rings. The molecule has 1 aliphatic heterocycles. The standard InChI is InChI=1S/C23H32F2N4O4/c24-23(25)33-20-10-17(29-8-9-32-14-21(29)30)6-7-18(20)27-22(31)19(11-26)28(13-16-4-5-16)12-15-2-1-3-15/h6-7,10,15-16,19,23H,1-5,8-9,11-14,26H2,(H,27,31)/t19-/m1/s1. The van der Waals surface area contributed by atoms with E-state index in [2.05, 4.69) is 10.2 Å². The van der Waals surface area contributed by atoms with Crippen LogP contribution in [-0.2, 0) is 14.3 Å². The monoisotopic (exact) mass is 466 g/mol. The molecule has 1 saturated heterocycles. The van der Waals surface area contributed by atoms with E-state index in [1.54, 1.807) is 6.07 Å². The van der Waals surface area contributed by atoms with Crippen LogP contribution in [-0.4, -0.2) is 68.8 Å². The van der Waals surface area contributed by atoms with Crippen molar-refractivity contribution in [2.45, 2.75) is 44.8 Å². The summed E-state index contributed by atoms with van der Waals surface area (Å²) in [7, 11) is 0. The Morgan fingerprint density at radius 1 is 1.24 bits per heavy atom. The average Bonchev–Trinajstić information content (AvgIpc) is 3.56. The molecule has 3 N–H and O–H groups in total. The summed E-state index contributed by atoms with van der Waals surface area (Å²) in [6, 6.07) is 3.88. The lowest BCUT2D eigenvalue weighted by atomic mass is 9.84. The Bertz CT molecular complexity index is 848. The predicted octanol–water partition coefficient (Wildman–Crippen LogP) is 2.43. The Hall–Kier alpha value is -2.30. The van der Waals surface area contributed by atoms with Gasteiger partial charge < -0.3 is 25.4 Å². The first-order valence-corrected chi connectivity index (χ1v) is 11.7. The number of carbonyl (C=O) groups is 2. The highest BCUT2D eigenvalue weighted by Crippen LogP contribution is 2.35. The molecule has 2 aliphatic carbocycles. The minimum absolute atomic E-state index is 0.0699. The van der Waals surface area contributed by atoms with Crippen LogP contribution in [0.25, 0.3) is 0 Å². The Balaban J connectivity index is 1.50. The van der Waals surface area contributed by atoms with Crippen molar-refractivity contribution >= 4 is 23.2 Å². The fourth-order valence-electron chi connectivity index (χ4n) is 4.37. The summed E-state index contributed by atoms with van der Waals surface area (Å²) >= 11 is 0. The van der Waals surface area contributed by atoms with Gasteiger partial charge in [-0.1, -0.05) is 6.42 Å². The topological polar surface area (TPSA) is 97.1 Å². The van der Waals surface area contributed by atoms with Gasteiger partial charge in [-0.2, -0.15) is 8.78 Å². The molecule has 3 aliphatic rings. The molecule has 33 heavy (non-hydrogen) atoms. The van der Waals surface area contributed by atoms with Crippen LogP contribution >= 0.6 is 0 Å². The fourth-order valence-corrected chi connectivity index (χ4v) is 4.37. The third kappa shape index (κ3) is 6.18. The Morgan fingerprint density at radius 3 is 2.55 bits per heavy atom. The Morgan fingerprint density at radius 2 is 1.97 bits per heavy atom. The van der Waals surface area contributed by atoms with Crippen molar-refractivity contribution in [3.05, 3.63) is 18.2 Å². The molecular weight excluding hydrogens is 434 g/mol. The van der Waals surface area contributed by atoms with Crippen molar-refractivity contribution < 1.29 is 27.8 Å². The highest BCUT2D eigenvalue weighted by Gasteiger charge is 2.34. The predicted molar refractivity (Wildman–Crippen MR) is 119 cm³/mol. The normalized spacial score (nSPS) is 20.2. The number of ether oxygens (including phenoxy) is 2. The first-order valence-electron chi connectivity index (χ1n) is 11.7. The summed E-state index contributed by atoms with van der Waals surface area (Å²) in [4.78, 5) is 28.9. The summed E-state index contributed by atoms with van der Waals surface area (Å²) in [5.41, 5.74) is 6.54. The zero-order valence-corrected chi connectivity index (χ0v) is 18.7. The van der Waals surface area contributed by atoms with Crippen molar-refractivity contribution in [2.75, 3.05) is 49.6 Å².